The summed E-state index contributed by atoms with van der Waals surface area (Å²) in [5, 5.41) is 9.66. The van der Waals surface area contributed by atoms with Crippen molar-refractivity contribution in [3.8, 4) is 0 Å². The highest BCUT2D eigenvalue weighted by molar-refractivity contribution is 4.97. The van der Waals surface area contributed by atoms with Crippen LogP contribution in [0.25, 0.3) is 0 Å². The molecule has 2 bridgehead atoms. The average Bonchev–Trinajstić information content (AvgIpc) is 2.36. The first-order valence-electron chi connectivity index (χ1n) is 4.38. The molecular formula is C9H16O. The second kappa shape index (κ2) is 1.97. The molecule has 2 saturated carbocycles. The summed E-state index contributed by atoms with van der Waals surface area (Å²) < 4.78 is 0. The minimum absolute atomic E-state index is 0.0220. The van der Waals surface area contributed by atoms with Gasteiger partial charge < -0.3 is 5.11 Å². The van der Waals surface area contributed by atoms with Gasteiger partial charge in [-0.05, 0) is 36.5 Å². The highest BCUT2D eigenvalue weighted by Gasteiger charge is 2.48. The Labute approximate surface area is 62.4 Å². The van der Waals surface area contributed by atoms with Crippen molar-refractivity contribution in [2.45, 2.75) is 32.8 Å². The largest absolute Gasteiger partial charge is 0.393 e. The van der Waals surface area contributed by atoms with Gasteiger partial charge in [0.05, 0.1) is 6.10 Å². The van der Waals surface area contributed by atoms with Crippen molar-refractivity contribution in [3.05, 3.63) is 0 Å². The van der Waals surface area contributed by atoms with Gasteiger partial charge in [-0.15, -0.1) is 0 Å². The number of aliphatic hydroxyl groups excluding tert-OH is 1. The standard InChI is InChI=1S/C9H16O/c1-5-3-7-4-8(5)9(10)6(7)2/h5-10H,3-4H2,1-2H3/t5-,6?,7-,8-,9?/m0/s1. The van der Waals surface area contributed by atoms with Crippen LogP contribution in [0.5, 0.6) is 0 Å². The summed E-state index contributed by atoms with van der Waals surface area (Å²) in [6.07, 6.45) is 2.68. The Morgan fingerprint density at radius 1 is 1.20 bits per heavy atom. The van der Waals surface area contributed by atoms with E-state index in [4.69, 9.17) is 0 Å². The van der Waals surface area contributed by atoms with Gasteiger partial charge in [0.1, 0.15) is 0 Å². The molecule has 5 atom stereocenters. The maximum atomic E-state index is 9.66. The van der Waals surface area contributed by atoms with Gasteiger partial charge in [0.15, 0.2) is 0 Å². The number of rotatable bonds is 0. The molecule has 0 aliphatic heterocycles. The third kappa shape index (κ3) is 0.672. The SMILES string of the molecule is CC1C(O)[C@H]2C[C@@H]1C[C@@H]2C. The molecule has 0 saturated heterocycles. The van der Waals surface area contributed by atoms with E-state index in [1.165, 1.54) is 12.8 Å². The highest BCUT2D eigenvalue weighted by atomic mass is 16.3. The Hall–Kier alpha value is -0.0400. The van der Waals surface area contributed by atoms with Crippen LogP contribution in [-0.4, -0.2) is 11.2 Å². The lowest BCUT2D eigenvalue weighted by molar-refractivity contribution is 0.0438. The number of hydrogen-bond donors (Lipinski definition) is 1. The fourth-order valence-electron chi connectivity index (χ4n) is 2.90. The van der Waals surface area contributed by atoms with Crippen LogP contribution >= 0.6 is 0 Å². The third-order valence-electron chi connectivity index (χ3n) is 3.70. The van der Waals surface area contributed by atoms with Crippen LogP contribution in [0.3, 0.4) is 0 Å². The summed E-state index contributed by atoms with van der Waals surface area (Å²) >= 11 is 0. The fraction of sp³-hybridized carbons (Fsp3) is 1.00. The molecule has 1 N–H and O–H groups in total. The van der Waals surface area contributed by atoms with E-state index in [9.17, 15) is 5.11 Å². The Morgan fingerprint density at radius 3 is 2.30 bits per heavy atom. The monoisotopic (exact) mass is 140 g/mol. The van der Waals surface area contributed by atoms with Crippen molar-refractivity contribution in [2.75, 3.05) is 0 Å². The lowest BCUT2D eigenvalue weighted by Crippen LogP contribution is -2.29. The van der Waals surface area contributed by atoms with Gasteiger partial charge >= 0.3 is 0 Å². The first-order valence-corrected chi connectivity index (χ1v) is 4.38. The first kappa shape index (κ1) is 6.66. The van der Waals surface area contributed by atoms with Gasteiger partial charge in [-0.2, -0.15) is 0 Å². The topological polar surface area (TPSA) is 20.2 Å². The quantitative estimate of drug-likeness (QED) is 0.542. The summed E-state index contributed by atoms with van der Waals surface area (Å²) in [4.78, 5) is 0. The highest BCUT2D eigenvalue weighted by Crippen LogP contribution is 2.51. The molecule has 0 aromatic heterocycles. The van der Waals surface area contributed by atoms with Gasteiger partial charge in [0.25, 0.3) is 0 Å². The summed E-state index contributed by atoms with van der Waals surface area (Å²) in [5.41, 5.74) is 0. The molecule has 0 aromatic carbocycles. The molecule has 0 aromatic rings. The molecular weight excluding hydrogens is 124 g/mol. The zero-order valence-corrected chi connectivity index (χ0v) is 6.75. The Morgan fingerprint density at radius 2 is 1.90 bits per heavy atom. The van der Waals surface area contributed by atoms with Crippen molar-refractivity contribution in [1.82, 2.24) is 0 Å². The number of fused-ring (bicyclic) bond motifs is 2. The molecule has 1 heteroatoms. The summed E-state index contributed by atoms with van der Waals surface area (Å²) in [6.45, 7) is 4.47. The Kier molecular flexibility index (Phi) is 1.31. The van der Waals surface area contributed by atoms with Crippen LogP contribution in [0.4, 0.5) is 0 Å². The molecule has 2 unspecified atom stereocenters. The van der Waals surface area contributed by atoms with Gasteiger partial charge in [0, 0.05) is 0 Å². The van der Waals surface area contributed by atoms with Gasteiger partial charge in [-0.25, -0.2) is 0 Å². The van der Waals surface area contributed by atoms with Gasteiger partial charge in [-0.1, -0.05) is 13.8 Å². The second-order valence-electron chi connectivity index (χ2n) is 4.22. The molecule has 10 heavy (non-hydrogen) atoms. The Bertz CT molecular complexity index is 142. The minimum Gasteiger partial charge on any atom is -0.393 e. The summed E-state index contributed by atoms with van der Waals surface area (Å²) in [6, 6.07) is 0. The van der Waals surface area contributed by atoms with Crippen LogP contribution in [-0.2, 0) is 0 Å². The van der Waals surface area contributed by atoms with E-state index in [1.54, 1.807) is 0 Å². The molecule has 0 amide bonds. The van der Waals surface area contributed by atoms with Crippen molar-refractivity contribution in [3.63, 3.8) is 0 Å². The van der Waals surface area contributed by atoms with Crippen LogP contribution in [0.1, 0.15) is 26.7 Å². The summed E-state index contributed by atoms with van der Waals surface area (Å²) in [5.74, 6) is 2.85. The van der Waals surface area contributed by atoms with E-state index in [2.05, 4.69) is 13.8 Å². The van der Waals surface area contributed by atoms with E-state index >= 15 is 0 Å². The lowest BCUT2D eigenvalue weighted by atomic mass is 9.82. The molecule has 0 radical (unpaired) electrons. The molecule has 1 nitrogen and oxygen atoms in total. The second-order valence-corrected chi connectivity index (χ2v) is 4.22. The van der Waals surface area contributed by atoms with E-state index < -0.39 is 0 Å². The predicted octanol–water partition coefficient (Wildman–Crippen LogP) is 1.66. The van der Waals surface area contributed by atoms with Crippen molar-refractivity contribution in [1.29, 1.82) is 0 Å². The van der Waals surface area contributed by atoms with E-state index in [-0.39, 0.29) is 6.10 Å². The number of hydrogen-bond acceptors (Lipinski definition) is 1. The molecule has 2 fully saturated rings. The van der Waals surface area contributed by atoms with E-state index in [0.717, 1.165) is 11.8 Å². The zero-order chi connectivity index (χ0) is 7.30. The molecule has 0 spiro atoms. The minimum atomic E-state index is 0.0220. The van der Waals surface area contributed by atoms with Gasteiger partial charge in [0.2, 0.25) is 0 Å². The lowest BCUT2D eigenvalue weighted by Gasteiger charge is -2.28. The molecule has 2 rings (SSSR count). The smallest absolute Gasteiger partial charge is 0.0599 e. The third-order valence-corrected chi connectivity index (χ3v) is 3.70. The fourth-order valence-corrected chi connectivity index (χ4v) is 2.90. The van der Waals surface area contributed by atoms with Crippen LogP contribution < -0.4 is 0 Å². The molecule has 0 heterocycles. The van der Waals surface area contributed by atoms with Crippen molar-refractivity contribution in [2.24, 2.45) is 23.7 Å². The van der Waals surface area contributed by atoms with E-state index in [0.29, 0.717) is 11.8 Å². The van der Waals surface area contributed by atoms with Crippen molar-refractivity contribution >= 4 is 0 Å². The van der Waals surface area contributed by atoms with Crippen LogP contribution in [0, 0.1) is 23.7 Å². The van der Waals surface area contributed by atoms with Crippen LogP contribution in [0.2, 0.25) is 0 Å². The average molecular weight is 140 g/mol. The van der Waals surface area contributed by atoms with Gasteiger partial charge in [-0.3, -0.25) is 0 Å². The predicted molar refractivity (Wildman–Crippen MR) is 40.5 cm³/mol. The van der Waals surface area contributed by atoms with E-state index in [1.807, 2.05) is 0 Å². The number of aliphatic hydroxyl groups is 1. The van der Waals surface area contributed by atoms with Crippen LogP contribution in [0.15, 0.2) is 0 Å². The molecule has 58 valence electrons. The summed E-state index contributed by atoms with van der Waals surface area (Å²) in [7, 11) is 0. The van der Waals surface area contributed by atoms with Crippen molar-refractivity contribution < 1.29 is 5.11 Å². The Balaban J connectivity index is 2.16. The molecule has 2 aliphatic rings. The normalized spacial score (nSPS) is 59.7. The maximum Gasteiger partial charge on any atom is 0.0599 e. The first-order chi connectivity index (χ1) is 4.70. The maximum absolute atomic E-state index is 9.66. The molecule has 2 aliphatic carbocycles. The zero-order valence-electron chi connectivity index (χ0n) is 6.75.